The van der Waals surface area contributed by atoms with Gasteiger partial charge in [-0.3, -0.25) is 9.59 Å². The van der Waals surface area contributed by atoms with Crippen molar-refractivity contribution in [2.75, 3.05) is 20.4 Å². The molecule has 2 aliphatic heterocycles. The molecular formula is C13H13NO6. The summed E-state index contributed by atoms with van der Waals surface area (Å²) in [6, 6.07) is 3.39. The zero-order chi connectivity index (χ0) is 14.3. The number of methoxy groups -OCH3 is 1. The zero-order valence-electron chi connectivity index (χ0n) is 10.7. The normalized spacial score (nSPS) is 23.6. The van der Waals surface area contributed by atoms with E-state index in [1.54, 1.807) is 12.1 Å². The second-order valence-corrected chi connectivity index (χ2v) is 4.62. The van der Waals surface area contributed by atoms with Gasteiger partial charge in [0.2, 0.25) is 18.4 Å². The first-order valence-corrected chi connectivity index (χ1v) is 6.10. The molecule has 2 atom stereocenters. The van der Waals surface area contributed by atoms with E-state index in [1.165, 1.54) is 7.11 Å². The first-order valence-electron chi connectivity index (χ1n) is 6.10. The molecule has 0 radical (unpaired) electrons. The minimum Gasteiger partial charge on any atom is -0.493 e. The third kappa shape index (κ3) is 1.82. The summed E-state index contributed by atoms with van der Waals surface area (Å²) in [5.41, 5.74) is 0.678. The number of rotatable bonds is 3. The summed E-state index contributed by atoms with van der Waals surface area (Å²) in [6.07, 6.45) is 0. The van der Waals surface area contributed by atoms with Gasteiger partial charge in [-0.2, -0.15) is 0 Å². The van der Waals surface area contributed by atoms with Crippen molar-refractivity contribution in [3.63, 3.8) is 0 Å². The van der Waals surface area contributed by atoms with Gasteiger partial charge in [0, 0.05) is 12.5 Å². The Hall–Kier alpha value is -2.44. The average molecular weight is 279 g/mol. The standard InChI is InChI=1S/C13H13NO6/c1-18-8-2-6(3-9-11(8)20-5-19-9)7-4-14-12(15)10(7)13(16)17/h2-3,7,10H,4-5H2,1H3,(H,14,15)(H,16,17). The molecule has 1 saturated heterocycles. The van der Waals surface area contributed by atoms with E-state index in [0.29, 0.717) is 22.8 Å². The van der Waals surface area contributed by atoms with Gasteiger partial charge in [-0.25, -0.2) is 0 Å². The minimum atomic E-state index is -1.14. The van der Waals surface area contributed by atoms with E-state index < -0.39 is 23.7 Å². The van der Waals surface area contributed by atoms with E-state index in [-0.39, 0.29) is 13.3 Å². The minimum absolute atomic E-state index is 0.0966. The van der Waals surface area contributed by atoms with Crippen molar-refractivity contribution in [1.82, 2.24) is 5.32 Å². The lowest BCUT2D eigenvalue weighted by Crippen LogP contribution is -2.26. The van der Waals surface area contributed by atoms with Crippen molar-refractivity contribution >= 4 is 11.9 Å². The summed E-state index contributed by atoms with van der Waals surface area (Å²) < 4.78 is 15.8. The van der Waals surface area contributed by atoms with Crippen LogP contribution in [0.2, 0.25) is 0 Å². The van der Waals surface area contributed by atoms with Crippen molar-refractivity contribution in [3.8, 4) is 17.2 Å². The second-order valence-electron chi connectivity index (χ2n) is 4.62. The monoisotopic (exact) mass is 279 g/mol. The van der Waals surface area contributed by atoms with Crippen LogP contribution in [0, 0.1) is 5.92 Å². The van der Waals surface area contributed by atoms with Crippen molar-refractivity contribution in [2.24, 2.45) is 5.92 Å². The summed E-state index contributed by atoms with van der Waals surface area (Å²) in [5.74, 6) is -1.69. The van der Waals surface area contributed by atoms with E-state index in [2.05, 4.69) is 5.32 Å². The van der Waals surface area contributed by atoms with E-state index in [4.69, 9.17) is 14.2 Å². The summed E-state index contributed by atoms with van der Waals surface area (Å²) in [7, 11) is 1.49. The predicted octanol–water partition coefficient (Wildman–Crippen LogP) is 0.338. The number of amides is 1. The van der Waals surface area contributed by atoms with Crippen LogP contribution >= 0.6 is 0 Å². The number of hydrogen-bond acceptors (Lipinski definition) is 5. The first kappa shape index (κ1) is 12.6. The molecule has 7 heteroatoms. The van der Waals surface area contributed by atoms with Crippen molar-refractivity contribution in [2.45, 2.75) is 5.92 Å². The van der Waals surface area contributed by atoms with Crippen LogP contribution in [0.3, 0.4) is 0 Å². The van der Waals surface area contributed by atoms with Gasteiger partial charge < -0.3 is 24.6 Å². The lowest BCUT2D eigenvalue weighted by Gasteiger charge is -2.15. The van der Waals surface area contributed by atoms with Crippen molar-refractivity contribution in [3.05, 3.63) is 17.7 Å². The maximum atomic E-state index is 11.6. The molecule has 0 spiro atoms. The van der Waals surface area contributed by atoms with E-state index in [1.807, 2.05) is 0 Å². The highest BCUT2D eigenvalue weighted by Gasteiger charge is 2.42. The summed E-state index contributed by atoms with van der Waals surface area (Å²) in [6.45, 7) is 0.373. The number of carbonyl (C=O) groups excluding carboxylic acids is 1. The molecule has 20 heavy (non-hydrogen) atoms. The smallest absolute Gasteiger partial charge is 0.316 e. The SMILES string of the molecule is COc1cc(C2CNC(=O)C2C(=O)O)cc2c1OCO2. The van der Waals surface area contributed by atoms with Crippen molar-refractivity contribution in [1.29, 1.82) is 0 Å². The number of nitrogens with one attached hydrogen (secondary N) is 1. The molecule has 7 nitrogen and oxygen atoms in total. The second kappa shape index (κ2) is 4.59. The summed E-state index contributed by atoms with van der Waals surface area (Å²) in [5, 5.41) is 11.8. The zero-order valence-corrected chi connectivity index (χ0v) is 10.7. The van der Waals surface area contributed by atoms with Gasteiger partial charge in [0.15, 0.2) is 11.5 Å². The van der Waals surface area contributed by atoms with Crippen LogP contribution in [0.25, 0.3) is 0 Å². The van der Waals surface area contributed by atoms with Gasteiger partial charge in [-0.15, -0.1) is 0 Å². The largest absolute Gasteiger partial charge is 0.493 e. The molecular weight excluding hydrogens is 266 g/mol. The number of carboxylic acids is 1. The van der Waals surface area contributed by atoms with Gasteiger partial charge in [0.05, 0.1) is 7.11 Å². The van der Waals surface area contributed by atoms with Crippen molar-refractivity contribution < 1.29 is 28.9 Å². The number of carboxylic acid groups (broad SMARTS) is 1. The van der Waals surface area contributed by atoms with Crippen LogP contribution < -0.4 is 19.5 Å². The fourth-order valence-corrected chi connectivity index (χ4v) is 2.58. The van der Waals surface area contributed by atoms with Gasteiger partial charge in [0.25, 0.3) is 0 Å². The molecule has 0 aliphatic carbocycles. The Morgan fingerprint density at radius 1 is 1.45 bits per heavy atom. The molecule has 2 N–H and O–H groups in total. The molecule has 0 saturated carbocycles. The first-order chi connectivity index (χ1) is 9.61. The third-order valence-electron chi connectivity index (χ3n) is 3.56. The number of fused-ring (bicyclic) bond motifs is 1. The van der Waals surface area contributed by atoms with Gasteiger partial charge in [0.1, 0.15) is 5.92 Å². The average Bonchev–Trinajstić information content (AvgIpc) is 3.03. The predicted molar refractivity (Wildman–Crippen MR) is 66.0 cm³/mol. The van der Waals surface area contributed by atoms with Crippen LogP contribution in [0.4, 0.5) is 0 Å². The topological polar surface area (TPSA) is 94.1 Å². The fourth-order valence-electron chi connectivity index (χ4n) is 2.58. The fraction of sp³-hybridized carbons (Fsp3) is 0.385. The van der Waals surface area contributed by atoms with Crippen LogP contribution in [0.1, 0.15) is 11.5 Å². The molecule has 2 unspecified atom stereocenters. The lowest BCUT2D eigenvalue weighted by atomic mass is 9.88. The molecule has 3 rings (SSSR count). The number of hydrogen-bond donors (Lipinski definition) is 2. The molecule has 0 bridgehead atoms. The molecule has 106 valence electrons. The number of carbonyl (C=O) groups is 2. The Morgan fingerprint density at radius 2 is 2.25 bits per heavy atom. The van der Waals surface area contributed by atoms with Crippen LogP contribution in [0.15, 0.2) is 12.1 Å². The van der Waals surface area contributed by atoms with Crippen LogP contribution in [-0.2, 0) is 9.59 Å². The van der Waals surface area contributed by atoms with Gasteiger partial charge in [-0.1, -0.05) is 0 Å². The molecule has 1 aromatic carbocycles. The molecule has 1 amide bonds. The molecule has 2 aliphatic rings. The Labute approximate surface area is 114 Å². The highest BCUT2D eigenvalue weighted by molar-refractivity contribution is 6.00. The number of benzene rings is 1. The van der Waals surface area contributed by atoms with E-state index in [9.17, 15) is 14.7 Å². The highest BCUT2D eigenvalue weighted by Crippen LogP contribution is 2.44. The molecule has 1 aromatic rings. The van der Waals surface area contributed by atoms with E-state index in [0.717, 1.165) is 0 Å². The molecule has 0 aromatic heterocycles. The third-order valence-corrected chi connectivity index (χ3v) is 3.56. The lowest BCUT2D eigenvalue weighted by molar-refractivity contribution is -0.145. The highest BCUT2D eigenvalue weighted by atomic mass is 16.7. The van der Waals surface area contributed by atoms with Gasteiger partial charge in [-0.05, 0) is 17.7 Å². The quantitative estimate of drug-likeness (QED) is 0.775. The maximum Gasteiger partial charge on any atom is 0.316 e. The number of ether oxygens (including phenoxy) is 3. The Bertz CT molecular complexity index is 584. The van der Waals surface area contributed by atoms with Crippen LogP contribution in [0.5, 0.6) is 17.2 Å². The summed E-state index contributed by atoms with van der Waals surface area (Å²) >= 11 is 0. The molecule has 2 heterocycles. The number of aliphatic carboxylic acids is 1. The maximum absolute atomic E-state index is 11.6. The molecule has 1 fully saturated rings. The van der Waals surface area contributed by atoms with Crippen LogP contribution in [-0.4, -0.2) is 37.4 Å². The Balaban J connectivity index is 2.02. The van der Waals surface area contributed by atoms with E-state index >= 15 is 0 Å². The Kier molecular flexibility index (Phi) is 2.89. The Morgan fingerprint density at radius 3 is 2.95 bits per heavy atom. The van der Waals surface area contributed by atoms with Gasteiger partial charge >= 0.3 is 5.97 Å². The summed E-state index contributed by atoms with van der Waals surface area (Å²) in [4.78, 5) is 22.8.